The van der Waals surface area contributed by atoms with E-state index in [4.69, 9.17) is 9.47 Å². The van der Waals surface area contributed by atoms with E-state index in [-0.39, 0.29) is 11.8 Å². The average Bonchev–Trinajstić information content (AvgIpc) is 3.25. The predicted octanol–water partition coefficient (Wildman–Crippen LogP) is 2.46. The quantitative estimate of drug-likeness (QED) is 0.837. The Balaban J connectivity index is 1.66. The van der Waals surface area contributed by atoms with Crippen LogP contribution in [0.5, 0.6) is 11.5 Å². The summed E-state index contributed by atoms with van der Waals surface area (Å²) in [5.41, 5.74) is 1.76. The molecule has 140 valence electrons. The number of benzene rings is 2. The van der Waals surface area contributed by atoms with Crippen LogP contribution in [0.1, 0.15) is 22.3 Å². The maximum absolute atomic E-state index is 13.1. The minimum absolute atomic E-state index is 0.0562. The van der Waals surface area contributed by atoms with Gasteiger partial charge in [0.15, 0.2) is 0 Å². The van der Waals surface area contributed by atoms with E-state index in [1.54, 1.807) is 42.2 Å². The lowest BCUT2D eigenvalue weighted by molar-refractivity contribution is -0.122. The number of nitrogens with zero attached hydrogens (tertiary/aromatic N) is 2. The van der Waals surface area contributed by atoms with Crippen molar-refractivity contribution < 1.29 is 19.1 Å². The largest absolute Gasteiger partial charge is 0.497 e. The maximum atomic E-state index is 13.1. The number of likely N-dealkylation sites (tertiary alicyclic amines) is 1. The normalized spacial score (nSPS) is 20.9. The zero-order valence-corrected chi connectivity index (χ0v) is 15.7. The van der Waals surface area contributed by atoms with Crippen molar-refractivity contribution in [1.29, 1.82) is 0 Å². The van der Waals surface area contributed by atoms with Crippen molar-refractivity contribution in [2.45, 2.75) is 11.8 Å². The number of hydrogen-bond acceptors (Lipinski definition) is 4. The van der Waals surface area contributed by atoms with Crippen molar-refractivity contribution in [2.75, 3.05) is 39.3 Å². The molecule has 0 radical (unpaired) electrons. The van der Waals surface area contributed by atoms with Gasteiger partial charge in [-0.05, 0) is 30.2 Å². The van der Waals surface area contributed by atoms with Crippen molar-refractivity contribution >= 4 is 17.5 Å². The Labute approximate surface area is 158 Å². The molecule has 2 heterocycles. The number of carbonyl (C=O) groups excluding carboxylic acids is 2. The Morgan fingerprint density at radius 1 is 1.11 bits per heavy atom. The minimum atomic E-state index is -0.652. The third-order valence-corrected chi connectivity index (χ3v) is 5.69. The highest BCUT2D eigenvalue weighted by molar-refractivity contribution is 6.09. The molecule has 1 spiro atoms. The van der Waals surface area contributed by atoms with Crippen LogP contribution in [0.25, 0.3) is 0 Å². The molecule has 1 saturated heterocycles. The molecule has 0 N–H and O–H groups in total. The third kappa shape index (κ3) is 2.47. The van der Waals surface area contributed by atoms with Gasteiger partial charge in [0, 0.05) is 31.9 Å². The Hall–Kier alpha value is -3.02. The summed E-state index contributed by atoms with van der Waals surface area (Å²) in [6, 6.07) is 13.0. The zero-order chi connectivity index (χ0) is 19.2. The summed E-state index contributed by atoms with van der Waals surface area (Å²) in [5, 5.41) is 0. The lowest BCUT2D eigenvalue weighted by Gasteiger charge is -2.24. The van der Waals surface area contributed by atoms with Crippen LogP contribution in [0.2, 0.25) is 0 Å². The summed E-state index contributed by atoms with van der Waals surface area (Å²) in [5.74, 6) is 1.02. The van der Waals surface area contributed by atoms with Crippen molar-refractivity contribution in [3.8, 4) is 11.5 Å². The number of likely N-dealkylation sites (N-methyl/N-ethyl adjacent to an activating group) is 1. The van der Waals surface area contributed by atoms with E-state index in [1.807, 2.05) is 24.3 Å². The third-order valence-electron chi connectivity index (χ3n) is 5.69. The van der Waals surface area contributed by atoms with E-state index < -0.39 is 5.41 Å². The second-order valence-corrected chi connectivity index (χ2v) is 7.01. The number of methoxy groups -OCH3 is 2. The number of ether oxygens (including phenoxy) is 2. The van der Waals surface area contributed by atoms with Gasteiger partial charge >= 0.3 is 0 Å². The monoisotopic (exact) mass is 366 g/mol. The Kier molecular flexibility index (Phi) is 4.06. The van der Waals surface area contributed by atoms with E-state index in [0.29, 0.717) is 36.6 Å². The average molecular weight is 366 g/mol. The molecule has 2 amide bonds. The highest BCUT2D eigenvalue weighted by Gasteiger charge is 2.54. The number of anilines is 1. The van der Waals surface area contributed by atoms with E-state index in [9.17, 15) is 9.59 Å². The van der Waals surface area contributed by atoms with Crippen LogP contribution in [-0.2, 0) is 10.2 Å². The summed E-state index contributed by atoms with van der Waals surface area (Å²) in [4.78, 5) is 29.6. The molecule has 27 heavy (non-hydrogen) atoms. The molecule has 2 aliphatic heterocycles. The molecule has 1 fully saturated rings. The first-order chi connectivity index (χ1) is 13.0. The number of hydrogen-bond donors (Lipinski definition) is 0. The van der Waals surface area contributed by atoms with Crippen LogP contribution >= 0.6 is 0 Å². The van der Waals surface area contributed by atoms with Crippen LogP contribution in [0.3, 0.4) is 0 Å². The number of rotatable bonds is 3. The van der Waals surface area contributed by atoms with Gasteiger partial charge in [-0.1, -0.05) is 18.2 Å². The topological polar surface area (TPSA) is 59.1 Å². The second-order valence-electron chi connectivity index (χ2n) is 7.01. The number of fused-ring (bicyclic) bond motifs is 2. The van der Waals surface area contributed by atoms with E-state index >= 15 is 0 Å². The first kappa shape index (κ1) is 17.4. The summed E-state index contributed by atoms with van der Waals surface area (Å²) in [6.45, 7) is 0.906. The molecule has 2 aromatic carbocycles. The van der Waals surface area contributed by atoms with Crippen LogP contribution in [0.4, 0.5) is 5.69 Å². The van der Waals surface area contributed by atoms with Crippen LogP contribution in [0.15, 0.2) is 42.5 Å². The highest BCUT2D eigenvalue weighted by atomic mass is 16.5. The molecular formula is C21H22N2O4. The summed E-state index contributed by atoms with van der Waals surface area (Å²) >= 11 is 0. The molecule has 4 rings (SSSR count). The molecule has 6 nitrogen and oxygen atoms in total. The molecule has 2 aliphatic rings. The number of carbonyl (C=O) groups is 2. The van der Waals surface area contributed by atoms with Gasteiger partial charge in [-0.3, -0.25) is 9.59 Å². The first-order valence-electron chi connectivity index (χ1n) is 8.91. The Morgan fingerprint density at radius 3 is 2.63 bits per heavy atom. The molecular weight excluding hydrogens is 344 g/mol. The summed E-state index contributed by atoms with van der Waals surface area (Å²) in [7, 11) is 4.90. The number of para-hydroxylation sites is 1. The van der Waals surface area contributed by atoms with Crippen LogP contribution in [0, 0.1) is 0 Å². The zero-order valence-electron chi connectivity index (χ0n) is 15.7. The fourth-order valence-electron chi connectivity index (χ4n) is 4.24. The van der Waals surface area contributed by atoms with Gasteiger partial charge in [-0.2, -0.15) is 0 Å². The Bertz CT molecular complexity index is 926. The van der Waals surface area contributed by atoms with Gasteiger partial charge in [0.05, 0.1) is 25.2 Å². The van der Waals surface area contributed by atoms with E-state index in [1.165, 1.54) is 7.11 Å². The summed E-state index contributed by atoms with van der Waals surface area (Å²) < 4.78 is 10.6. The van der Waals surface area contributed by atoms with Crippen molar-refractivity contribution in [1.82, 2.24) is 4.90 Å². The molecule has 0 aromatic heterocycles. The van der Waals surface area contributed by atoms with Crippen LogP contribution in [-0.4, -0.2) is 51.1 Å². The highest BCUT2D eigenvalue weighted by Crippen LogP contribution is 2.47. The molecule has 0 aliphatic carbocycles. The smallest absolute Gasteiger partial charge is 0.257 e. The lowest BCUT2D eigenvalue weighted by Crippen LogP contribution is -2.42. The summed E-state index contributed by atoms with van der Waals surface area (Å²) in [6.07, 6.45) is 0.622. The standard InChI is InChI=1S/C21H22N2O4/c1-22-17-7-5-4-6-16(17)21(20(22)25)10-11-23(13-21)19(24)15-9-8-14(26-2)12-18(15)27-3/h4-9,12H,10-11,13H2,1-3H3/t21-/m0/s1. The minimum Gasteiger partial charge on any atom is -0.497 e. The SMILES string of the molecule is COc1ccc(C(=O)N2CC[C@@]3(C2)C(=O)N(C)c2ccccc23)c(OC)c1. The molecule has 2 aromatic rings. The molecule has 0 saturated carbocycles. The van der Waals surface area contributed by atoms with Crippen molar-refractivity contribution in [3.63, 3.8) is 0 Å². The molecule has 0 bridgehead atoms. The van der Waals surface area contributed by atoms with Gasteiger partial charge in [-0.25, -0.2) is 0 Å². The molecule has 0 unspecified atom stereocenters. The molecule has 1 atom stereocenters. The lowest BCUT2D eigenvalue weighted by atomic mass is 9.81. The molecule has 6 heteroatoms. The first-order valence-corrected chi connectivity index (χ1v) is 8.91. The van der Waals surface area contributed by atoms with E-state index in [0.717, 1.165) is 11.3 Å². The van der Waals surface area contributed by atoms with Gasteiger partial charge < -0.3 is 19.3 Å². The van der Waals surface area contributed by atoms with Gasteiger partial charge in [-0.15, -0.1) is 0 Å². The van der Waals surface area contributed by atoms with Crippen molar-refractivity contribution in [3.05, 3.63) is 53.6 Å². The fourth-order valence-corrected chi connectivity index (χ4v) is 4.24. The van der Waals surface area contributed by atoms with E-state index in [2.05, 4.69) is 0 Å². The predicted molar refractivity (Wildman–Crippen MR) is 102 cm³/mol. The van der Waals surface area contributed by atoms with Gasteiger partial charge in [0.25, 0.3) is 5.91 Å². The van der Waals surface area contributed by atoms with Gasteiger partial charge in [0.1, 0.15) is 11.5 Å². The van der Waals surface area contributed by atoms with Gasteiger partial charge in [0.2, 0.25) is 5.91 Å². The van der Waals surface area contributed by atoms with Crippen molar-refractivity contribution in [2.24, 2.45) is 0 Å². The second kappa shape index (κ2) is 6.30. The number of amides is 2. The maximum Gasteiger partial charge on any atom is 0.257 e. The Morgan fingerprint density at radius 2 is 1.89 bits per heavy atom. The van der Waals surface area contributed by atoms with Crippen LogP contribution < -0.4 is 14.4 Å². The fraction of sp³-hybridized carbons (Fsp3) is 0.333.